The van der Waals surface area contributed by atoms with Gasteiger partial charge in [0.1, 0.15) is 0 Å². The molecule has 0 atom stereocenters. The van der Waals surface area contributed by atoms with Crippen molar-refractivity contribution in [2.75, 3.05) is 0 Å². The van der Waals surface area contributed by atoms with E-state index in [0.717, 1.165) is 28.0 Å². The zero-order valence-corrected chi connectivity index (χ0v) is 19.4. The van der Waals surface area contributed by atoms with Crippen molar-refractivity contribution in [2.24, 2.45) is 0 Å². The Hall–Kier alpha value is -4.63. The second-order valence-electron chi connectivity index (χ2n) is 9.06. The number of imidazole rings is 2. The fourth-order valence-corrected chi connectivity index (χ4v) is 5.07. The molecule has 35 heavy (non-hydrogen) atoms. The van der Waals surface area contributed by atoms with Crippen LogP contribution in [-0.2, 0) is 0 Å². The van der Waals surface area contributed by atoms with E-state index in [1.807, 2.05) is 6.07 Å². The van der Waals surface area contributed by atoms with E-state index in [9.17, 15) is 0 Å². The number of nitrogens with zero attached hydrogens (tertiary/aromatic N) is 3. The second kappa shape index (κ2) is 7.71. The summed E-state index contributed by atoms with van der Waals surface area (Å²) >= 11 is 0. The number of rotatable bonds is 3. The first-order valence-corrected chi connectivity index (χ1v) is 11.9. The Morgan fingerprint density at radius 2 is 1.20 bits per heavy atom. The highest BCUT2D eigenvalue weighted by molar-refractivity contribution is 5.92. The van der Waals surface area contributed by atoms with E-state index in [-0.39, 0.29) is 0 Å². The normalized spacial score (nSPS) is 11.6. The number of para-hydroxylation sites is 2. The van der Waals surface area contributed by atoms with E-state index in [1.165, 1.54) is 33.3 Å². The molecule has 0 bridgehead atoms. The number of hydrogen-bond donors (Lipinski definition) is 0. The summed E-state index contributed by atoms with van der Waals surface area (Å²) < 4.78 is 4.55. The third-order valence-corrected chi connectivity index (χ3v) is 6.79. The summed E-state index contributed by atoms with van der Waals surface area (Å²) in [5.41, 5.74) is 11.6. The van der Waals surface area contributed by atoms with E-state index in [1.54, 1.807) is 0 Å². The van der Waals surface area contributed by atoms with Gasteiger partial charge in [-0.3, -0.25) is 8.97 Å². The molecule has 5 aromatic carbocycles. The smallest absolute Gasteiger partial charge is 0.220 e. The standard InChI is InChI=1S/C32H23N3/c1-22-14-19-30-31(20-22)35-29-13-6-5-12-28(29)33-32(35)34(30)27-11-7-10-26(21-27)25-17-15-24(16-18-25)23-8-3-2-4-9-23/h2-21H,1H3. The fourth-order valence-electron chi connectivity index (χ4n) is 5.07. The lowest BCUT2D eigenvalue weighted by Crippen LogP contribution is -1.95. The lowest BCUT2D eigenvalue weighted by molar-refractivity contribution is 1.11. The van der Waals surface area contributed by atoms with Gasteiger partial charge in [-0.05, 0) is 71.1 Å². The summed E-state index contributed by atoms with van der Waals surface area (Å²) in [4.78, 5) is 5.03. The SMILES string of the molecule is Cc1ccc2c(c1)n1c3ccccc3nc1n2-c1cccc(-c2ccc(-c3ccccc3)cc2)c1. The lowest BCUT2D eigenvalue weighted by Gasteiger charge is -2.09. The van der Waals surface area contributed by atoms with Crippen LogP contribution in [0.5, 0.6) is 0 Å². The van der Waals surface area contributed by atoms with E-state index < -0.39 is 0 Å². The molecule has 0 N–H and O–H groups in total. The quantitative estimate of drug-likeness (QED) is 0.267. The van der Waals surface area contributed by atoms with Gasteiger partial charge < -0.3 is 0 Å². The van der Waals surface area contributed by atoms with Crippen LogP contribution in [0.4, 0.5) is 0 Å². The lowest BCUT2D eigenvalue weighted by atomic mass is 10.00. The summed E-state index contributed by atoms with van der Waals surface area (Å²) in [5, 5.41) is 0. The van der Waals surface area contributed by atoms with Gasteiger partial charge in [-0.1, -0.05) is 84.9 Å². The van der Waals surface area contributed by atoms with Crippen LogP contribution in [0.1, 0.15) is 5.56 Å². The van der Waals surface area contributed by atoms with Crippen molar-refractivity contribution in [3.05, 3.63) is 127 Å². The Bertz CT molecular complexity index is 1840. The van der Waals surface area contributed by atoms with Crippen LogP contribution >= 0.6 is 0 Å². The average Bonchev–Trinajstić information content (AvgIpc) is 3.44. The predicted octanol–water partition coefficient (Wildman–Crippen LogP) is 8.07. The van der Waals surface area contributed by atoms with Crippen molar-refractivity contribution < 1.29 is 0 Å². The topological polar surface area (TPSA) is 22.2 Å². The van der Waals surface area contributed by atoms with Gasteiger partial charge in [-0.15, -0.1) is 0 Å². The summed E-state index contributed by atoms with van der Waals surface area (Å²) in [6, 6.07) is 43.0. The minimum atomic E-state index is 0.934. The Balaban J connectivity index is 1.40. The Morgan fingerprint density at radius 1 is 0.514 bits per heavy atom. The number of aromatic nitrogens is 3. The van der Waals surface area contributed by atoms with Gasteiger partial charge in [0.2, 0.25) is 5.78 Å². The number of aryl methyl sites for hydroxylation is 1. The largest absolute Gasteiger partial charge is 0.278 e. The van der Waals surface area contributed by atoms with Gasteiger partial charge in [-0.2, -0.15) is 0 Å². The van der Waals surface area contributed by atoms with Crippen molar-refractivity contribution in [3.63, 3.8) is 0 Å². The maximum Gasteiger partial charge on any atom is 0.220 e. The molecule has 2 aromatic heterocycles. The molecule has 0 aliphatic heterocycles. The van der Waals surface area contributed by atoms with Crippen LogP contribution in [0.3, 0.4) is 0 Å². The molecule has 3 heteroatoms. The van der Waals surface area contributed by atoms with Crippen molar-refractivity contribution >= 4 is 27.8 Å². The Labute approximate surface area is 203 Å². The van der Waals surface area contributed by atoms with Gasteiger partial charge in [0.05, 0.1) is 22.1 Å². The van der Waals surface area contributed by atoms with Crippen LogP contribution in [0.2, 0.25) is 0 Å². The molecule has 0 saturated heterocycles. The number of benzene rings is 5. The second-order valence-corrected chi connectivity index (χ2v) is 9.06. The zero-order valence-electron chi connectivity index (χ0n) is 19.4. The summed E-state index contributed by atoms with van der Waals surface area (Å²) in [5.74, 6) is 0.934. The molecule has 0 amide bonds. The number of hydrogen-bond acceptors (Lipinski definition) is 1. The van der Waals surface area contributed by atoms with E-state index in [2.05, 4.69) is 131 Å². The van der Waals surface area contributed by atoms with Crippen molar-refractivity contribution in [1.82, 2.24) is 14.0 Å². The van der Waals surface area contributed by atoms with Gasteiger partial charge in [-0.25, -0.2) is 4.98 Å². The highest BCUT2D eigenvalue weighted by Crippen LogP contribution is 2.32. The molecule has 0 fully saturated rings. The van der Waals surface area contributed by atoms with Crippen molar-refractivity contribution in [2.45, 2.75) is 6.92 Å². The average molecular weight is 450 g/mol. The minimum Gasteiger partial charge on any atom is -0.278 e. The molecular formula is C32H23N3. The van der Waals surface area contributed by atoms with Gasteiger partial charge in [0.15, 0.2) is 0 Å². The van der Waals surface area contributed by atoms with Gasteiger partial charge in [0.25, 0.3) is 0 Å². The van der Waals surface area contributed by atoms with E-state index in [0.29, 0.717) is 0 Å². The molecule has 2 heterocycles. The minimum absolute atomic E-state index is 0.934. The predicted molar refractivity (Wildman–Crippen MR) is 145 cm³/mol. The van der Waals surface area contributed by atoms with Crippen LogP contribution < -0.4 is 0 Å². The fraction of sp³-hybridized carbons (Fsp3) is 0.0312. The first-order chi connectivity index (χ1) is 17.3. The highest BCUT2D eigenvalue weighted by Gasteiger charge is 2.17. The van der Waals surface area contributed by atoms with Crippen LogP contribution in [0.25, 0.3) is 55.8 Å². The Morgan fingerprint density at radius 3 is 2.03 bits per heavy atom. The molecule has 3 nitrogen and oxygen atoms in total. The summed E-state index contributed by atoms with van der Waals surface area (Å²) in [6.45, 7) is 2.14. The third kappa shape index (κ3) is 3.17. The monoisotopic (exact) mass is 449 g/mol. The first kappa shape index (κ1) is 19.8. The third-order valence-electron chi connectivity index (χ3n) is 6.79. The van der Waals surface area contributed by atoms with Crippen molar-refractivity contribution in [1.29, 1.82) is 0 Å². The molecule has 7 rings (SSSR count). The van der Waals surface area contributed by atoms with Crippen LogP contribution in [0, 0.1) is 6.92 Å². The molecular weight excluding hydrogens is 426 g/mol. The zero-order chi connectivity index (χ0) is 23.4. The molecule has 0 saturated carbocycles. The molecule has 0 spiro atoms. The first-order valence-electron chi connectivity index (χ1n) is 11.9. The van der Waals surface area contributed by atoms with Gasteiger partial charge in [0, 0.05) is 5.69 Å². The molecule has 0 aliphatic carbocycles. The Kier molecular flexibility index (Phi) is 4.36. The maximum absolute atomic E-state index is 5.03. The maximum atomic E-state index is 5.03. The van der Waals surface area contributed by atoms with E-state index >= 15 is 0 Å². The molecule has 7 aromatic rings. The molecule has 166 valence electrons. The van der Waals surface area contributed by atoms with Crippen molar-refractivity contribution in [3.8, 4) is 27.9 Å². The van der Waals surface area contributed by atoms with Crippen LogP contribution in [-0.4, -0.2) is 14.0 Å². The van der Waals surface area contributed by atoms with E-state index in [4.69, 9.17) is 4.98 Å². The highest BCUT2D eigenvalue weighted by atomic mass is 15.2. The van der Waals surface area contributed by atoms with Gasteiger partial charge >= 0.3 is 0 Å². The molecule has 0 radical (unpaired) electrons. The summed E-state index contributed by atoms with van der Waals surface area (Å²) in [7, 11) is 0. The molecule has 0 aliphatic rings. The molecule has 0 unspecified atom stereocenters. The van der Waals surface area contributed by atoms with Crippen LogP contribution in [0.15, 0.2) is 121 Å². The number of fused-ring (bicyclic) bond motifs is 5. The summed E-state index contributed by atoms with van der Waals surface area (Å²) in [6.07, 6.45) is 0.